The molecule has 1 heterocycles. The number of hydrogen-bond donors (Lipinski definition) is 0. The van der Waals surface area contributed by atoms with Gasteiger partial charge >= 0.3 is 0 Å². The molecular weight excluding hydrogens is 233 g/mol. The molecule has 16 heavy (non-hydrogen) atoms. The van der Waals surface area contributed by atoms with Gasteiger partial charge in [-0.3, -0.25) is 0 Å². The smallest absolute Gasteiger partial charge is 0.194 e. The van der Waals surface area contributed by atoms with Gasteiger partial charge in [0.05, 0.1) is 0 Å². The summed E-state index contributed by atoms with van der Waals surface area (Å²) in [4.78, 5) is 0. The Balaban J connectivity index is 2.11. The third-order valence-corrected chi connectivity index (χ3v) is 5.49. The molecule has 5 heteroatoms. The number of rotatable bonds is 2. The molecule has 1 aromatic carbocycles. The molecule has 88 valence electrons. The lowest BCUT2D eigenvalue weighted by molar-refractivity contribution is 0.285. The van der Waals surface area contributed by atoms with Crippen molar-refractivity contribution in [1.29, 1.82) is 0 Å². The van der Waals surface area contributed by atoms with Gasteiger partial charge in [-0.25, -0.2) is 13.2 Å². The van der Waals surface area contributed by atoms with E-state index in [1.165, 1.54) is 6.07 Å². The van der Waals surface area contributed by atoms with Crippen molar-refractivity contribution in [2.75, 3.05) is 6.61 Å². The van der Waals surface area contributed by atoms with Crippen LogP contribution in [0.4, 0.5) is 13.2 Å². The molecular formula is C11H13F3OSi. The van der Waals surface area contributed by atoms with Crippen molar-refractivity contribution in [2.45, 2.75) is 24.9 Å². The topological polar surface area (TPSA) is 9.23 Å². The molecule has 0 radical (unpaired) electrons. The molecule has 1 unspecified atom stereocenters. The molecule has 1 fully saturated rings. The summed E-state index contributed by atoms with van der Waals surface area (Å²) < 4.78 is 44.6. The van der Waals surface area contributed by atoms with Gasteiger partial charge in [-0.1, -0.05) is 12.5 Å². The summed E-state index contributed by atoms with van der Waals surface area (Å²) in [5, 5.41) is 0. The Hall–Kier alpha value is -0.813. The molecule has 2 rings (SSSR count). The molecule has 1 aliphatic heterocycles. The van der Waals surface area contributed by atoms with Crippen LogP contribution < -0.4 is 0 Å². The Labute approximate surface area is 94.0 Å². The second kappa shape index (κ2) is 5.01. The zero-order chi connectivity index (χ0) is 11.5. The minimum atomic E-state index is -1.45. The summed E-state index contributed by atoms with van der Waals surface area (Å²) in [6.07, 6.45) is 2.14. The summed E-state index contributed by atoms with van der Waals surface area (Å²) in [7, 11) is -1.45. The van der Waals surface area contributed by atoms with Crippen LogP contribution in [0.1, 0.15) is 18.4 Å². The molecule has 0 aromatic heterocycles. The standard InChI is InChI=1S/C11H13F3OSi/c12-9-4-3-8(10(13)11(9)14)7-16-6-2-1-5-15-16/h3-4,16H,1-2,5-7H2. The molecule has 1 atom stereocenters. The van der Waals surface area contributed by atoms with Gasteiger partial charge in [0.15, 0.2) is 26.5 Å². The highest BCUT2D eigenvalue weighted by Gasteiger charge is 2.21. The Morgan fingerprint density at radius 1 is 1.12 bits per heavy atom. The Bertz CT molecular complexity index is 378. The Morgan fingerprint density at radius 3 is 2.62 bits per heavy atom. The number of benzene rings is 1. The maximum absolute atomic E-state index is 13.4. The first kappa shape index (κ1) is 11.7. The van der Waals surface area contributed by atoms with Crippen LogP contribution in [-0.2, 0) is 10.5 Å². The lowest BCUT2D eigenvalue weighted by Crippen LogP contribution is -2.26. The highest BCUT2D eigenvalue weighted by Crippen LogP contribution is 2.20. The van der Waals surface area contributed by atoms with E-state index in [0.29, 0.717) is 6.04 Å². The summed E-state index contributed by atoms with van der Waals surface area (Å²) in [5.41, 5.74) is 0.248. The first-order valence-corrected chi connectivity index (χ1v) is 7.53. The maximum Gasteiger partial charge on any atom is 0.194 e. The molecule has 1 saturated heterocycles. The van der Waals surface area contributed by atoms with E-state index in [4.69, 9.17) is 4.43 Å². The van der Waals surface area contributed by atoms with Crippen LogP contribution >= 0.6 is 0 Å². The van der Waals surface area contributed by atoms with Crippen molar-refractivity contribution in [3.63, 3.8) is 0 Å². The van der Waals surface area contributed by atoms with Crippen molar-refractivity contribution < 1.29 is 17.6 Å². The predicted molar refractivity (Wildman–Crippen MR) is 57.2 cm³/mol. The van der Waals surface area contributed by atoms with E-state index in [-0.39, 0.29) is 5.56 Å². The van der Waals surface area contributed by atoms with Gasteiger partial charge in [0.1, 0.15) is 0 Å². The van der Waals surface area contributed by atoms with E-state index in [9.17, 15) is 13.2 Å². The monoisotopic (exact) mass is 246 g/mol. The van der Waals surface area contributed by atoms with Crippen LogP contribution in [0, 0.1) is 17.5 Å². The van der Waals surface area contributed by atoms with Gasteiger partial charge in [-0.15, -0.1) is 0 Å². The highest BCUT2D eigenvalue weighted by atomic mass is 28.3. The van der Waals surface area contributed by atoms with E-state index in [0.717, 1.165) is 31.6 Å². The van der Waals surface area contributed by atoms with E-state index in [2.05, 4.69) is 0 Å². The van der Waals surface area contributed by atoms with E-state index >= 15 is 0 Å². The highest BCUT2D eigenvalue weighted by molar-refractivity contribution is 6.51. The summed E-state index contributed by atoms with van der Waals surface area (Å²) in [6.45, 7) is 0.724. The Kier molecular flexibility index (Phi) is 3.65. The Morgan fingerprint density at radius 2 is 1.94 bits per heavy atom. The first-order chi connectivity index (χ1) is 7.68. The quantitative estimate of drug-likeness (QED) is 0.576. The van der Waals surface area contributed by atoms with Gasteiger partial charge in [0.25, 0.3) is 0 Å². The molecule has 1 aromatic rings. The van der Waals surface area contributed by atoms with Crippen LogP contribution in [0.5, 0.6) is 0 Å². The normalized spacial score (nSPS) is 21.1. The first-order valence-electron chi connectivity index (χ1n) is 5.42. The third kappa shape index (κ3) is 2.47. The fourth-order valence-corrected chi connectivity index (χ4v) is 4.48. The second-order valence-corrected chi connectivity index (χ2v) is 6.59. The van der Waals surface area contributed by atoms with Gasteiger partial charge in [-0.2, -0.15) is 0 Å². The third-order valence-electron chi connectivity index (χ3n) is 2.84. The van der Waals surface area contributed by atoms with Gasteiger partial charge in [-0.05, 0) is 30.1 Å². The van der Waals surface area contributed by atoms with Crippen LogP contribution in [-0.4, -0.2) is 15.6 Å². The van der Waals surface area contributed by atoms with Crippen molar-refractivity contribution >= 4 is 9.04 Å². The fourth-order valence-electron chi connectivity index (χ4n) is 1.94. The minimum Gasteiger partial charge on any atom is -0.420 e. The molecule has 0 aliphatic carbocycles. The van der Waals surface area contributed by atoms with Crippen molar-refractivity contribution in [3.8, 4) is 0 Å². The summed E-state index contributed by atoms with van der Waals surface area (Å²) >= 11 is 0. The van der Waals surface area contributed by atoms with Crippen LogP contribution in [0.3, 0.4) is 0 Å². The molecule has 0 saturated carbocycles. The van der Waals surface area contributed by atoms with Gasteiger partial charge in [0.2, 0.25) is 0 Å². The summed E-state index contributed by atoms with van der Waals surface area (Å²) in [6, 6.07) is 3.73. The zero-order valence-corrected chi connectivity index (χ0v) is 9.96. The molecule has 0 N–H and O–H groups in total. The molecule has 1 aliphatic rings. The number of halogens is 3. The average Bonchev–Trinajstić information content (AvgIpc) is 2.31. The molecule has 0 spiro atoms. The second-order valence-electron chi connectivity index (χ2n) is 4.03. The predicted octanol–water partition coefficient (Wildman–Crippen LogP) is 2.72. The van der Waals surface area contributed by atoms with Gasteiger partial charge in [0, 0.05) is 6.61 Å². The van der Waals surface area contributed by atoms with Gasteiger partial charge < -0.3 is 4.43 Å². The lowest BCUT2D eigenvalue weighted by Gasteiger charge is -2.21. The van der Waals surface area contributed by atoms with Crippen LogP contribution in [0.15, 0.2) is 12.1 Å². The van der Waals surface area contributed by atoms with E-state index < -0.39 is 26.5 Å². The molecule has 0 bridgehead atoms. The lowest BCUT2D eigenvalue weighted by atomic mass is 10.2. The van der Waals surface area contributed by atoms with Crippen molar-refractivity contribution in [3.05, 3.63) is 35.1 Å². The minimum absolute atomic E-state index is 0.248. The van der Waals surface area contributed by atoms with Crippen molar-refractivity contribution in [1.82, 2.24) is 0 Å². The van der Waals surface area contributed by atoms with Crippen LogP contribution in [0.2, 0.25) is 6.04 Å². The zero-order valence-electron chi connectivity index (χ0n) is 8.81. The molecule has 1 nitrogen and oxygen atoms in total. The summed E-state index contributed by atoms with van der Waals surface area (Å²) in [5.74, 6) is -3.56. The fraction of sp³-hybridized carbons (Fsp3) is 0.455. The van der Waals surface area contributed by atoms with E-state index in [1.807, 2.05) is 0 Å². The number of hydrogen-bond acceptors (Lipinski definition) is 1. The SMILES string of the molecule is Fc1ccc(C[SiH]2CCCCO2)c(F)c1F. The maximum atomic E-state index is 13.4. The van der Waals surface area contributed by atoms with Crippen molar-refractivity contribution in [2.24, 2.45) is 0 Å². The van der Waals surface area contributed by atoms with Crippen LogP contribution in [0.25, 0.3) is 0 Å². The average molecular weight is 246 g/mol. The van der Waals surface area contributed by atoms with E-state index in [1.54, 1.807) is 0 Å². The molecule has 0 amide bonds. The largest absolute Gasteiger partial charge is 0.420 e.